The lowest BCUT2D eigenvalue weighted by Gasteiger charge is -2.24. The maximum Gasteiger partial charge on any atom is 0.241 e. The van der Waals surface area contributed by atoms with Crippen molar-refractivity contribution in [1.82, 2.24) is 10.0 Å². The van der Waals surface area contributed by atoms with Crippen molar-refractivity contribution in [1.29, 1.82) is 0 Å². The standard InChI is InChI=1S/C19H24N2O3S/c1-14(19(22)20-17-9-3-2-4-10-17)21-25(23,24)18-12-11-15-7-5-6-8-16(15)13-18/h5-8,11-14,17,21H,2-4,9-10H2,1H3,(H,20,22)/t14-/m1/s1. The molecule has 2 N–H and O–H groups in total. The molecule has 0 unspecified atom stereocenters. The van der Waals surface area contributed by atoms with Crippen molar-refractivity contribution in [3.63, 3.8) is 0 Å². The number of carbonyl (C=O) groups excluding carboxylic acids is 1. The lowest BCUT2D eigenvalue weighted by atomic mass is 9.95. The molecule has 1 fully saturated rings. The highest BCUT2D eigenvalue weighted by Gasteiger charge is 2.24. The average Bonchev–Trinajstić information content (AvgIpc) is 2.61. The van der Waals surface area contributed by atoms with Crippen LogP contribution in [0.25, 0.3) is 10.8 Å². The highest BCUT2D eigenvalue weighted by atomic mass is 32.2. The fourth-order valence-corrected chi connectivity index (χ4v) is 4.50. The number of benzene rings is 2. The number of sulfonamides is 1. The Hall–Kier alpha value is -1.92. The summed E-state index contributed by atoms with van der Waals surface area (Å²) in [5.74, 6) is -0.267. The molecule has 1 aliphatic carbocycles. The van der Waals surface area contributed by atoms with E-state index in [-0.39, 0.29) is 16.8 Å². The molecule has 0 spiro atoms. The lowest BCUT2D eigenvalue weighted by molar-refractivity contribution is -0.123. The van der Waals surface area contributed by atoms with Gasteiger partial charge in [0.2, 0.25) is 15.9 Å². The van der Waals surface area contributed by atoms with Crippen molar-refractivity contribution in [2.45, 2.75) is 56.0 Å². The molecule has 2 aromatic carbocycles. The van der Waals surface area contributed by atoms with Crippen LogP contribution in [0.15, 0.2) is 47.4 Å². The van der Waals surface area contributed by atoms with Gasteiger partial charge in [0.25, 0.3) is 0 Å². The van der Waals surface area contributed by atoms with Crippen molar-refractivity contribution in [2.24, 2.45) is 0 Å². The molecule has 1 amide bonds. The van der Waals surface area contributed by atoms with Gasteiger partial charge in [-0.25, -0.2) is 8.42 Å². The first-order valence-electron chi connectivity index (χ1n) is 8.77. The third-order valence-corrected chi connectivity index (χ3v) is 6.25. The molecule has 2 aromatic rings. The predicted octanol–water partition coefficient (Wildman–Crippen LogP) is 2.96. The molecular formula is C19H24N2O3S. The summed E-state index contributed by atoms with van der Waals surface area (Å²) in [6.45, 7) is 1.58. The minimum Gasteiger partial charge on any atom is -0.352 e. The second kappa shape index (κ2) is 7.54. The van der Waals surface area contributed by atoms with Crippen molar-refractivity contribution in [3.05, 3.63) is 42.5 Å². The molecule has 0 aliphatic heterocycles. The summed E-state index contributed by atoms with van der Waals surface area (Å²) in [6.07, 6.45) is 5.37. The van der Waals surface area contributed by atoms with E-state index in [4.69, 9.17) is 0 Å². The third kappa shape index (κ3) is 4.38. The van der Waals surface area contributed by atoms with Gasteiger partial charge in [0, 0.05) is 6.04 Å². The molecule has 0 aromatic heterocycles. The van der Waals surface area contributed by atoms with Crippen LogP contribution >= 0.6 is 0 Å². The molecule has 134 valence electrons. The molecule has 1 atom stereocenters. The highest BCUT2D eigenvalue weighted by molar-refractivity contribution is 7.89. The zero-order valence-corrected chi connectivity index (χ0v) is 15.2. The Balaban J connectivity index is 1.69. The number of amides is 1. The maximum absolute atomic E-state index is 12.6. The van der Waals surface area contributed by atoms with Gasteiger partial charge in [0.05, 0.1) is 10.9 Å². The molecule has 0 bridgehead atoms. The van der Waals surface area contributed by atoms with Gasteiger partial charge in [-0.05, 0) is 42.7 Å². The van der Waals surface area contributed by atoms with Crippen LogP contribution in [0.3, 0.4) is 0 Å². The monoisotopic (exact) mass is 360 g/mol. The predicted molar refractivity (Wildman–Crippen MR) is 98.7 cm³/mol. The smallest absolute Gasteiger partial charge is 0.241 e. The first-order valence-corrected chi connectivity index (χ1v) is 10.3. The van der Waals surface area contributed by atoms with E-state index in [0.717, 1.165) is 36.5 Å². The molecule has 0 saturated heterocycles. The largest absolute Gasteiger partial charge is 0.352 e. The third-order valence-electron chi connectivity index (χ3n) is 4.71. The summed E-state index contributed by atoms with van der Waals surface area (Å²) in [4.78, 5) is 12.5. The molecule has 6 heteroatoms. The van der Waals surface area contributed by atoms with Crippen LogP contribution in [0.1, 0.15) is 39.0 Å². The van der Waals surface area contributed by atoms with E-state index in [1.54, 1.807) is 25.1 Å². The molecule has 25 heavy (non-hydrogen) atoms. The molecule has 3 rings (SSSR count). The Bertz CT molecular complexity index is 858. The first kappa shape index (κ1) is 17.9. The second-order valence-electron chi connectivity index (χ2n) is 6.70. The number of rotatable bonds is 5. The van der Waals surface area contributed by atoms with Crippen LogP contribution in [-0.2, 0) is 14.8 Å². The van der Waals surface area contributed by atoms with Gasteiger partial charge in [0.15, 0.2) is 0 Å². The minimum absolute atomic E-state index is 0.161. The number of nitrogens with one attached hydrogen (secondary N) is 2. The zero-order chi connectivity index (χ0) is 17.9. The van der Waals surface area contributed by atoms with Crippen LogP contribution in [-0.4, -0.2) is 26.4 Å². The average molecular weight is 360 g/mol. The van der Waals surface area contributed by atoms with E-state index in [1.165, 1.54) is 6.42 Å². The summed E-state index contributed by atoms with van der Waals surface area (Å²) >= 11 is 0. The van der Waals surface area contributed by atoms with E-state index in [2.05, 4.69) is 10.0 Å². The molecule has 0 heterocycles. The summed E-state index contributed by atoms with van der Waals surface area (Å²) in [7, 11) is -3.75. The maximum atomic E-state index is 12.6. The molecular weight excluding hydrogens is 336 g/mol. The van der Waals surface area contributed by atoms with Crippen LogP contribution in [0.2, 0.25) is 0 Å². The highest BCUT2D eigenvalue weighted by Crippen LogP contribution is 2.20. The Morgan fingerprint density at radius 2 is 1.72 bits per heavy atom. The summed E-state index contributed by atoms with van der Waals surface area (Å²) < 4.78 is 27.7. The van der Waals surface area contributed by atoms with E-state index < -0.39 is 16.1 Å². The van der Waals surface area contributed by atoms with Gasteiger partial charge >= 0.3 is 0 Å². The minimum atomic E-state index is -3.75. The summed E-state index contributed by atoms with van der Waals surface area (Å²) in [5.41, 5.74) is 0. The van der Waals surface area contributed by atoms with Crippen LogP contribution < -0.4 is 10.0 Å². The number of fused-ring (bicyclic) bond motifs is 1. The van der Waals surface area contributed by atoms with E-state index in [9.17, 15) is 13.2 Å². The second-order valence-corrected chi connectivity index (χ2v) is 8.41. The number of hydrogen-bond acceptors (Lipinski definition) is 3. The van der Waals surface area contributed by atoms with Gasteiger partial charge in [-0.3, -0.25) is 4.79 Å². The fourth-order valence-electron chi connectivity index (χ4n) is 3.26. The van der Waals surface area contributed by atoms with Crippen molar-refractivity contribution >= 4 is 26.7 Å². The SMILES string of the molecule is C[C@@H](NS(=O)(=O)c1ccc2ccccc2c1)C(=O)NC1CCCCC1. The van der Waals surface area contributed by atoms with Crippen LogP contribution in [0, 0.1) is 0 Å². The Morgan fingerprint density at radius 1 is 1.04 bits per heavy atom. The van der Waals surface area contributed by atoms with E-state index >= 15 is 0 Å². The van der Waals surface area contributed by atoms with Gasteiger partial charge in [-0.1, -0.05) is 49.6 Å². The summed E-state index contributed by atoms with van der Waals surface area (Å²) in [5, 5.41) is 4.78. The van der Waals surface area contributed by atoms with Crippen LogP contribution in [0.4, 0.5) is 0 Å². The quantitative estimate of drug-likeness (QED) is 0.861. The number of hydrogen-bond donors (Lipinski definition) is 2. The lowest BCUT2D eigenvalue weighted by Crippen LogP contribution is -2.48. The van der Waals surface area contributed by atoms with Crippen LogP contribution in [0.5, 0.6) is 0 Å². The van der Waals surface area contributed by atoms with E-state index in [1.807, 2.05) is 24.3 Å². The molecule has 1 saturated carbocycles. The number of carbonyl (C=O) groups is 1. The van der Waals surface area contributed by atoms with Crippen molar-refractivity contribution in [3.8, 4) is 0 Å². The van der Waals surface area contributed by atoms with Gasteiger partial charge in [-0.15, -0.1) is 0 Å². The van der Waals surface area contributed by atoms with Gasteiger partial charge in [0.1, 0.15) is 0 Å². The van der Waals surface area contributed by atoms with Gasteiger partial charge < -0.3 is 5.32 Å². The molecule has 0 radical (unpaired) electrons. The fraction of sp³-hybridized carbons (Fsp3) is 0.421. The Morgan fingerprint density at radius 3 is 2.44 bits per heavy atom. The zero-order valence-electron chi connectivity index (χ0n) is 14.4. The van der Waals surface area contributed by atoms with Crippen molar-refractivity contribution < 1.29 is 13.2 Å². The van der Waals surface area contributed by atoms with E-state index in [0.29, 0.717) is 0 Å². The topological polar surface area (TPSA) is 75.3 Å². The Labute approximate surface area is 148 Å². The Kier molecular flexibility index (Phi) is 5.39. The normalized spacial score (nSPS) is 17.3. The first-order chi connectivity index (χ1) is 12.0. The molecule has 1 aliphatic rings. The summed E-state index contributed by atoms with van der Waals surface area (Å²) in [6, 6.07) is 11.9. The van der Waals surface area contributed by atoms with Crippen molar-refractivity contribution in [2.75, 3.05) is 0 Å². The van der Waals surface area contributed by atoms with Gasteiger partial charge in [-0.2, -0.15) is 4.72 Å². The molecule has 5 nitrogen and oxygen atoms in total.